The van der Waals surface area contributed by atoms with Crippen LogP contribution in [0.25, 0.3) is 0 Å². The molecule has 0 unspecified atom stereocenters. The lowest BCUT2D eigenvalue weighted by atomic mass is 10.0. The SMILES string of the molecule is CCCCOC(=O)CNCc1ccc(C(C)C)cc1. The zero-order valence-corrected chi connectivity index (χ0v) is 12.2. The highest BCUT2D eigenvalue weighted by Crippen LogP contribution is 2.14. The summed E-state index contributed by atoms with van der Waals surface area (Å²) in [7, 11) is 0. The van der Waals surface area contributed by atoms with Crippen molar-refractivity contribution in [2.45, 2.75) is 46.1 Å². The summed E-state index contributed by atoms with van der Waals surface area (Å²) in [5.74, 6) is 0.378. The van der Waals surface area contributed by atoms with Crippen LogP contribution < -0.4 is 5.32 Å². The first-order valence-corrected chi connectivity index (χ1v) is 7.08. The highest BCUT2D eigenvalue weighted by Gasteiger charge is 2.02. The summed E-state index contributed by atoms with van der Waals surface area (Å²) in [6.45, 7) is 7.93. The summed E-state index contributed by atoms with van der Waals surface area (Å²) >= 11 is 0. The van der Waals surface area contributed by atoms with Gasteiger partial charge in [-0.05, 0) is 23.5 Å². The summed E-state index contributed by atoms with van der Waals surface area (Å²) in [6.07, 6.45) is 1.98. The fourth-order valence-corrected chi connectivity index (χ4v) is 1.71. The van der Waals surface area contributed by atoms with Gasteiger partial charge in [0.1, 0.15) is 0 Å². The molecular formula is C16H25NO2. The molecule has 0 saturated carbocycles. The second kappa shape index (κ2) is 8.70. The van der Waals surface area contributed by atoms with Crippen molar-refractivity contribution in [2.24, 2.45) is 0 Å². The summed E-state index contributed by atoms with van der Waals surface area (Å²) < 4.78 is 5.07. The maximum absolute atomic E-state index is 11.4. The van der Waals surface area contributed by atoms with Crippen molar-refractivity contribution in [3.8, 4) is 0 Å². The number of hydrogen-bond donors (Lipinski definition) is 1. The zero-order chi connectivity index (χ0) is 14.1. The minimum Gasteiger partial charge on any atom is -0.465 e. The van der Waals surface area contributed by atoms with E-state index >= 15 is 0 Å². The second-order valence-corrected chi connectivity index (χ2v) is 5.07. The van der Waals surface area contributed by atoms with E-state index < -0.39 is 0 Å². The predicted octanol–water partition coefficient (Wildman–Crippen LogP) is 3.24. The smallest absolute Gasteiger partial charge is 0.319 e. The van der Waals surface area contributed by atoms with E-state index in [-0.39, 0.29) is 12.5 Å². The highest BCUT2D eigenvalue weighted by atomic mass is 16.5. The molecule has 106 valence electrons. The lowest BCUT2D eigenvalue weighted by Gasteiger charge is -2.08. The number of rotatable bonds is 8. The quantitative estimate of drug-likeness (QED) is 0.578. The molecule has 0 aromatic heterocycles. The van der Waals surface area contributed by atoms with Gasteiger partial charge in [0.15, 0.2) is 0 Å². The van der Waals surface area contributed by atoms with Crippen LogP contribution in [0.1, 0.15) is 50.7 Å². The summed E-state index contributed by atoms with van der Waals surface area (Å²) in [4.78, 5) is 11.4. The molecule has 0 aliphatic rings. The Morgan fingerprint density at radius 2 is 1.95 bits per heavy atom. The Bertz CT molecular complexity index is 371. The van der Waals surface area contributed by atoms with Gasteiger partial charge < -0.3 is 10.1 Å². The first-order valence-electron chi connectivity index (χ1n) is 7.08. The third kappa shape index (κ3) is 6.39. The molecule has 0 fully saturated rings. The predicted molar refractivity (Wildman–Crippen MR) is 78.1 cm³/mol. The fourth-order valence-electron chi connectivity index (χ4n) is 1.71. The van der Waals surface area contributed by atoms with Crippen LogP contribution in [0.2, 0.25) is 0 Å². The van der Waals surface area contributed by atoms with Crippen molar-refractivity contribution in [3.63, 3.8) is 0 Å². The number of ether oxygens (including phenoxy) is 1. The molecule has 0 aliphatic heterocycles. The largest absolute Gasteiger partial charge is 0.465 e. The van der Waals surface area contributed by atoms with Crippen LogP contribution in [0.4, 0.5) is 0 Å². The molecule has 1 N–H and O–H groups in total. The average molecular weight is 263 g/mol. The van der Waals surface area contributed by atoms with Crippen LogP contribution in [-0.2, 0) is 16.1 Å². The minimum atomic E-state index is -0.174. The van der Waals surface area contributed by atoms with E-state index in [1.807, 2.05) is 0 Å². The average Bonchev–Trinajstić information content (AvgIpc) is 2.39. The van der Waals surface area contributed by atoms with Gasteiger partial charge in [0.25, 0.3) is 0 Å². The lowest BCUT2D eigenvalue weighted by molar-refractivity contribution is -0.142. The van der Waals surface area contributed by atoms with Crippen molar-refractivity contribution in [3.05, 3.63) is 35.4 Å². The molecule has 0 atom stereocenters. The Balaban J connectivity index is 2.23. The molecule has 0 aliphatic carbocycles. The van der Waals surface area contributed by atoms with E-state index in [1.165, 1.54) is 11.1 Å². The van der Waals surface area contributed by atoms with Crippen LogP contribution >= 0.6 is 0 Å². The first-order chi connectivity index (χ1) is 9.13. The Morgan fingerprint density at radius 1 is 1.26 bits per heavy atom. The van der Waals surface area contributed by atoms with Crippen molar-refractivity contribution in [2.75, 3.05) is 13.2 Å². The lowest BCUT2D eigenvalue weighted by Crippen LogP contribution is -2.24. The molecule has 1 aromatic carbocycles. The van der Waals surface area contributed by atoms with E-state index in [2.05, 4.69) is 50.4 Å². The molecule has 3 heteroatoms. The van der Waals surface area contributed by atoms with Crippen LogP contribution in [0.15, 0.2) is 24.3 Å². The Hall–Kier alpha value is -1.35. The summed E-state index contributed by atoms with van der Waals surface area (Å²) in [6, 6.07) is 8.48. The number of unbranched alkanes of at least 4 members (excludes halogenated alkanes) is 1. The molecule has 19 heavy (non-hydrogen) atoms. The highest BCUT2D eigenvalue weighted by molar-refractivity contribution is 5.71. The van der Waals surface area contributed by atoms with E-state index in [9.17, 15) is 4.79 Å². The molecule has 1 rings (SSSR count). The third-order valence-corrected chi connectivity index (χ3v) is 3.01. The van der Waals surface area contributed by atoms with Gasteiger partial charge in [0.05, 0.1) is 13.2 Å². The Kier molecular flexibility index (Phi) is 7.19. The monoisotopic (exact) mass is 263 g/mol. The standard InChI is InChI=1S/C16H25NO2/c1-4-5-10-19-16(18)12-17-11-14-6-8-15(9-7-14)13(2)3/h6-9,13,17H,4-5,10-12H2,1-3H3. The van der Waals surface area contributed by atoms with Gasteiger partial charge in [-0.3, -0.25) is 4.79 Å². The van der Waals surface area contributed by atoms with Crippen LogP contribution in [0.5, 0.6) is 0 Å². The maximum atomic E-state index is 11.4. The van der Waals surface area contributed by atoms with Gasteiger partial charge >= 0.3 is 5.97 Å². The van der Waals surface area contributed by atoms with E-state index in [1.54, 1.807) is 0 Å². The van der Waals surface area contributed by atoms with Gasteiger partial charge in [0.2, 0.25) is 0 Å². The van der Waals surface area contributed by atoms with Crippen LogP contribution in [-0.4, -0.2) is 19.1 Å². The molecular weight excluding hydrogens is 238 g/mol. The van der Waals surface area contributed by atoms with Crippen molar-refractivity contribution in [1.29, 1.82) is 0 Å². The minimum absolute atomic E-state index is 0.174. The Morgan fingerprint density at radius 3 is 2.53 bits per heavy atom. The zero-order valence-electron chi connectivity index (χ0n) is 12.2. The molecule has 0 spiro atoms. The normalized spacial score (nSPS) is 10.7. The van der Waals surface area contributed by atoms with E-state index in [4.69, 9.17) is 4.74 Å². The topological polar surface area (TPSA) is 38.3 Å². The molecule has 0 saturated heterocycles. The first kappa shape index (κ1) is 15.7. The van der Waals surface area contributed by atoms with Crippen LogP contribution in [0.3, 0.4) is 0 Å². The van der Waals surface area contributed by atoms with Gasteiger partial charge in [0, 0.05) is 6.54 Å². The molecule has 0 bridgehead atoms. The third-order valence-electron chi connectivity index (χ3n) is 3.01. The molecule has 1 aromatic rings. The number of carbonyl (C=O) groups is 1. The maximum Gasteiger partial charge on any atom is 0.319 e. The van der Waals surface area contributed by atoms with Crippen molar-refractivity contribution in [1.82, 2.24) is 5.32 Å². The van der Waals surface area contributed by atoms with E-state index in [0.717, 1.165) is 12.8 Å². The molecule has 0 amide bonds. The molecule has 0 heterocycles. The van der Waals surface area contributed by atoms with Crippen LogP contribution in [0, 0.1) is 0 Å². The van der Waals surface area contributed by atoms with Crippen molar-refractivity contribution < 1.29 is 9.53 Å². The summed E-state index contributed by atoms with van der Waals surface area (Å²) in [5.41, 5.74) is 2.52. The van der Waals surface area contributed by atoms with Gasteiger partial charge in [-0.25, -0.2) is 0 Å². The molecule has 0 radical (unpaired) electrons. The Labute approximate surface area is 116 Å². The van der Waals surface area contributed by atoms with Gasteiger partial charge in [-0.2, -0.15) is 0 Å². The number of nitrogens with one attached hydrogen (secondary N) is 1. The fraction of sp³-hybridized carbons (Fsp3) is 0.562. The second-order valence-electron chi connectivity index (χ2n) is 5.07. The number of esters is 1. The van der Waals surface area contributed by atoms with E-state index in [0.29, 0.717) is 19.1 Å². The number of carbonyl (C=O) groups excluding carboxylic acids is 1. The van der Waals surface area contributed by atoms with Gasteiger partial charge in [-0.15, -0.1) is 0 Å². The van der Waals surface area contributed by atoms with Crippen molar-refractivity contribution >= 4 is 5.97 Å². The number of hydrogen-bond acceptors (Lipinski definition) is 3. The summed E-state index contributed by atoms with van der Waals surface area (Å²) in [5, 5.41) is 3.10. The molecule has 3 nitrogen and oxygen atoms in total. The number of benzene rings is 1. The van der Waals surface area contributed by atoms with Gasteiger partial charge in [-0.1, -0.05) is 51.5 Å².